The quantitative estimate of drug-likeness (QED) is 0.760. The van der Waals surface area contributed by atoms with E-state index < -0.39 is 10.0 Å². The summed E-state index contributed by atoms with van der Waals surface area (Å²) in [6.45, 7) is 3.20. The molecule has 144 valence electrons. The van der Waals surface area contributed by atoms with Crippen molar-refractivity contribution in [3.63, 3.8) is 0 Å². The van der Waals surface area contributed by atoms with Gasteiger partial charge in [-0.15, -0.1) is 0 Å². The number of sulfonamides is 1. The Balaban J connectivity index is 1.70. The van der Waals surface area contributed by atoms with Gasteiger partial charge in [-0.3, -0.25) is 9.52 Å². The predicted octanol–water partition coefficient (Wildman–Crippen LogP) is 4.15. The van der Waals surface area contributed by atoms with Crippen molar-refractivity contribution in [2.45, 2.75) is 25.7 Å². The van der Waals surface area contributed by atoms with E-state index in [1.807, 2.05) is 24.0 Å². The lowest BCUT2D eigenvalue weighted by Crippen LogP contribution is -2.38. The molecular formula is C20H23BrN2O3S. The normalized spacial score (nSPS) is 15.6. The van der Waals surface area contributed by atoms with Crippen LogP contribution in [-0.2, 0) is 10.0 Å². The number of amides is 1. The van der Waals surface area contributed by atoms with E-state index in [2.05, 4.69) is 32.8 Å². The highest BCUT2D eigenvalue weighted by atomic mass is 79.9. The molecule has 27 heavy (non-hydrogen) atoms. The Labute approximate surface area is 169 Å². The lowest BCUT2D eigenvalue weighted by Gasteiger charge is -2.32. The largest absolute Gasteiger partial charge is 0.339 e. The van der Waals surface area contributed by atoms with Gasteiger partial charge in [0.05, 0.1) is 11.9 Å². The molecule has 2 aromatic carbocycles. The average molecular weight is 451 g/mol. The molecule has 1 saturated heterocycles. The average Bonchev–Trinajstić information content (AvgIpc) is 2.62. The highest BCUT2D eigenvalue weighted by molar-refractivity contribution is 9.10. The first-order chi connectivity index (χ1) is 12.7. The summed E-state index contributed by atoms with van der Waals surface area (Å²) in [6.07, 6.45) is 2.94. The first-order valence-corrected chi connectivity index (χ1v) is 11.5. The first-order valence-electron chi connectivity index (χ1n) is 8.86. The Morgan fingerprint density at radius 2 is 1.85 bits per heavy atom. The standard InChI is InChI=1S/C20H23BrN2O3S/c1-14-6-7-17(13-19(14)22-27(2,25)26)20(24)23-10-8-15(9-11-23)16-4-3-5-18(21)12-16/h3-7,12-13,15,22H,8-11H2,1-2H3. The van der Waals surface area contributed by atoms with Gasteiger partial charge in [0.25, 0.3) is 5.91 Å². The molecule has 3 rings (SSSR count). The van der Waals surface area contributed by atoms with Crippen LogP contribution in [-0.4, -0.2) is 38.6 Å². The number of carbonyl (C=O) groups excluding carboxylic acids is 1. The van der Waals surface area contributed by atoms with E-state index in [0.717, 1.165) is 29.1 Å². The van der Waals surface area contributed by atoms with Gasteiger partial charge < -0.3 is 4.90 Å². The first kappa shape index (κ1) is 19.9. The predicted molar refractivity (Wildman–Crippen MR) is 112 cm³/mol. The lowest BCUT2D eigenvalue weighted by atomic mass is 9.89. The third-order valence-corrected chi connectivity index (χ3v) is 5.97. The molecule has 0 atom stereocenters. The van der Waals surface area contributed by atoms with Gasteiger partial charge in [-0.2, -0.15) is 0 Å². The van der Waals surface area contributed by atoms with Gasteiger partial charge in [-0.05, 0) is 61.1 Å². The molecule has 0 saturated carbocycles. The molecule has 1 heterocycles. The third-order valence-electron chi connectivity index (χ3n) is 4.88. The number of rotatable bonds is 4. The van der Waals surface area contributed by atoms with Gasteiger partial charge in [0.1, 0.15) is 0 Å². The van der Waals surface area contributed by atoms with E-state index >= 15 is 0 Å². The van der Waals surface area contributed by atoms with E-state index in [1.165, 1.54) is 5.56 Å². The number of aryl methyl sites for hydroxylation is 1. The van der Waals surface area contributed by atoms with Crippen LogP contribution in [0, 0.1) is 6.92 Å². The minimum atomic E-state index is -3.39. The van der Waals surface area contributed by atoms with Gasteiger partial charge in [0, 0.05) is 23.1 Å². The maximum atomic E-state index is 12.9. The van der Waals surface area contributed by atoms with Crippen LogP contribution < -0.4 is 4.72 Å². The Morgan fingerprint density at radius 3 is 2.48 bits per heavy atom. The second-order valence-electron chi connectivity index (χ2n) is 7.03. The van der Waals surface area contributed by atoms with E-state index in [4.69, 9.17) is 0 Å². The van der Waals surface area contributed by atoms with Crippen LogP contribution in [0.5, 0.6) is 0 Å². The number of carbonyl (C=O) groups is 1. The van der Waals surface area contributed by atoms with Crippen molar-refractivity contribution in [3.05, 3.63) is 63.6 Å². The number of benzene rings is 2. The topological polar surface area (TPSA) is 66.5 Å². The molecule has 1 aliphatic rings. The zero-order chi connectivity index (χ0) is 19.6. The van der Waals surface area contributed by atoms with Crippen molar-refractivity contribution in [3.8, 4) is 0 Å². The molecule has 0 radical (unpaired) electrons. The highest BCUT2D eigenvalue weighted by Crippen LogP contribution is 2.30. The Morgan fingerprint density at radius 1 is 1.15 bits per heavy atom. The number of likely N-dealkylation sites (tertiary alicyclic amines) is 1. The fourth-order valence-corrected chi connectivity index (χ4v) is 4.46. The number of hydrogen-bond acceptors (Lipinski definition) is 3. The molecule has 0 spiro atoms. The van der Waals surface area contributed by atoms with Crippen molar-refractivity contribution in [2.75, 3.05) is 24.1 Å². The summed E-state index contributed by atoms with van der Waals surface area (Å²) < 4.78 is 26.6. The van der Waals surface area contributed by atoms with E-state index in [0.29, 0.717) is 30.3 Å². The second kappa shape index (κ2) is 8.02. The van der Waals surface area contributed by atoms with Crippen LogP contribution in [0.3, 0.4) is 0 Å². The molecule has 0 aliphatic carbocycles. The zero-order valence-corrected chi connectivity index (χ0v) is 17.8. The van der Waals surface area contributed by atoms with Crippen molar-refractivity contribution in [2.24, 2.45) is 0 Å². The molecule has 0 aromatic heterocycles. The summed E-state index contributed by atoms with van der Waals surface area (Å²) in [5, 5.41) is 0. The smallest absolute Gasteiger partial charge is 0.253 e. The Kier molecular flexibility index (Phi) is 5.91. The number of hydrogen-bond donors (Lipinski definition) is 1. The Hall–Kier alpha value is -1.86. The third kappa shape index (κ3) is 5.11. The van der Waals surface area contributed by atoms with Crippen LogP contribution in [0.1, 0.15) is 40.2 Å². The van der Waals surface area contributed by atoms with E-state index in [9.17, 15) is 13.2 Å². The number of nitrogens with one attached hydrogen (secondary N) is 1. The second-order valence-corrected chi connectivity index (χ2v) is 9.69. The van der Waals surface area contributed by atoms with Gasteiger partial charge in [-0.1, -0.05) is 34.1 Å². The van der Waals surface area contributed by atoms with E-state index in [1.54, 1.807) is 18.2 Å². The minimum Gasteiger partial charge on any atom is -0.339 e. The number of anilines is 1. The van der Waals surface area contributed by atoms with Crippen LogP contribution in [0.15, 0.2) is 46.9 Å². The maximum absolute atomic E-state index is 12.9. The van der Waals surface area contributed by atoms with Gasteiger partial charge in [0.2, 0.25) is 10.0 Å². The minimum absolute atomic E-state index is 0.0563. The van der Waals surface area contributed by atoms with Gasteiger partial charge in [-0.25, -0.2) is 8.42 Å². The van der Waals surface area contributed by atoms with Crippen LogP contribution in [0.2, 0.25) is 0 Å². The van der Waals surface area contributed by atoms with Crippen molar-refractivity contribution >= 4 is 37.5 Å². The highest BCUT2D eigenvalue weighted by Gasteiger charge is 2.25. The molecule has 0 unspecified atom stereocenters. The molecule has 0 bridgehead atoms. The molecule has 7 heteroatoms. The summed E-state index contributed by atoms with van der Waals surface area (Å²) >= 11 is 3.51. The summed E-state index contributed by atoms with van der Waals surface area (Å²) in [7, 11) is -3.39. The Bertz CT molecular complexity index is 951. The lowest BCUT2D eigenvalue weighted by molar-refractivity contribution is 0.0713. The zero-order valence-electron chi connectivity index (χ0n) is 15.4. The summed E-state index contributed by atoms with van der Waals surface area (Å²) in [4.78, 5) is 14.7. The molecule has 1 N–H and O–H groups in total. The molecule has 2 aromatic rings. The van der Waals surface area contributed by atoms with Gasteiger partial charge >= 0.3 is 0 Å². The summed E-state index contributed by atoms with van der Waals surface area (Å²) in [6, 6.07) is 13.5. The van der Waals surface area contributed by atoms with Crippen molar-refractivity contribution in [1.82, 2.24) is 4.90 Å². The molecule has 1 amide bonds. The van der Waals surface area contributed by atoms with Crippen molar-refractivity contribution in [1.29, 1.82) is 0 Å². The van der Waals surface area contributed by atoms with E-state index in [-0.39, 0.29) is 5.91 Å². The molecule has 5 nitrogen and oxygen atoms in total. The SMILES string of the molecule is Cc1ccc(C(=O)N2CCC(c3cccc(Br)c3)CC2)cc1NS(C)(=O)=O. The van der Waals surface area contributed by atoms with Crippen molar-refractivity contribution < 1.29 is 13.2 Å². The fraction of sp³-hybridized carbons (Fsp3) is 0.350. The van der Waals surface area contributed by atoms with Crippen LogP contribution >= 0.6 is 15.9 Å². The molecule has 1 aliphatic heterocycles. The number of halogens is 1. The molecular weight excluding hydrogens is 428 g/mol. The number of nitrogens with zero attached hydrogens (tertiary/aromatic N) is 1. The maximum Gasteiger partial charge on any atom is 0.253 e. The molecule has 1 fully saturated rings. The van der Waals surface area contributed by atoms with Crippen LogP contribution in [0.25, 0.3) is 0 Å². The number of piperidine rings is 1. The monoisotopic (exact) mass is 450 g/mol. The van der Waals surface area contributed by atoms with Crippen LogP contribution in [0.4, 0.5) is 5.69 Å². The summed E-state index contributed by atoms with van der Waals surface area (Å²) in [5.74, 6) is 0.395. The summed E-state index contributed by atoms with van der Waals surface area (Å²) in [5.41, 5.74) is 3.04. The fourth-order valence-electron chi connectivity index (χ4n) is 3.42. The van der Waals surface area contributed by atoms with Gasteiger partial charge in [0.15, 0.2) is 0 Å².